The van der Waals surface area contributed by atoms with E-state index in [1.807, 2.05) is 30.3 Å². The summed E-state index contributed by atoms with van der Waals surface area (Å²) < 4.78 is 29.3. The van der Waals surface area contributed by atoms with Crippen LogP contribution in [0, 0.1) is 0 Å². The van der Waals surface area contributed by atoms with Crippen molar-refractivity contribution in [3.8, 4) is 0 Å². The van der Waals surface area contributed by atoms with Crippen molar-refractivity contribution in [3.05, 3.63) is 47.5 Å². The highest BCUT2D eigenvalue weighted by molar-refractivity contribution is 5.13. The van der Waals surface area contributed by atoms with Crippen LogP contribution in [0.25, 0.3) is 0 Å². The molecule has 1 aromatic rings. The van der Waals surface area contributed by atoms with Crippen molar-refractivity contribution < 1.29 is 13.5 Å². The van der Waals surface area contributed by atoms with Gasteiger partial charge >= 0.3 is 0 Å². The molecule has 0 aliphatic rings. The van der Waals surface area contributed by atoms with E-state index in [1.165, 1.54) is 13.0 Å². The lowest BCUT2D eigenvalue weighted by atomic mass is 10.2. The first-order valence-electron chi connectivity index (χ1n) is 4.76. The van der Waals surface area contributed by atoms with Crippen molar-refractivity contribution in [1.82, 2.24) is 0 Å². The van der Waals surface area contributed by atoms with Gasteiger partial charge in [0, 0.05) is 0 Å². The summed E-state index contributed by atoms with van der Waals surface area (Å²) in [5.41, 5.74) is 1.10. The third-order valence-corrected chi connectivity index (χ3v) is 1.98. The van der Waals surface area contributed by atoms with Crippen molar-refractivity contribution >= 4 is 0 Å². The van der Waals surface area contributed by atoms with Crippen LogP contribution in [0.4, 0.5) is 8.78 Å². The molecular weight excluding hydrogens is 198 g/mol. The molecule has 0 saturated carbocycles. The minimum Gasteiger partial charge on any atom is -0.373 e. The molecule has 0 aliphatic heterocycles. The second-order valence-corrected chi connectivity index (χ2v) is 3.25. The molecule has 0 amide bonds. The normalized spacial score (nSPS) is 12.1. The lowest BCUT2D eigenvalue weighted by Crippen LogP contribution is -1.97. The van der Waals surface area contributed by atoms with Crippen LogP contribution in [0.2, 0.25) is 0 Å². The topological polar surface area (TPSA) is 9.23 Å². The van der Waals surface area contributed by atoms with Gasteiger partial charge in [0.05, 0.1) is 13.2 Å². The van der Waals surface area contributed by atoms with Gasteiger partial charge in [-0.05, 0) is 18.1 Å². The van der Waals surface area contributed by atoms with Gasteiger partial charge in [-0.25, -0.2) is 8.78 Å². The Morgan fingerprint density at radius 2 is 2.00 bits per heavy atom. The Morgan fingerprint density at radius 1 is 1.33 bits per heavy atom. The van der Waals surface area contributed by atoms with Gasteiger partial charge in [0.15, 0.2) is 0 Å². The van der Waals surface area contributed by atoms with Gasteiger partial charge in [-0.1, -0.05) is 36.4 Å². The number of alkyl halides is 2. The van der Waals surface area contributed by atoms with Gasteiger partial charge in [0.1, 0.15) is 0 Å². The van der Waals surface area contributed by atoms with Gasteiger partial charge in [-0.3, -0.25) is 0 Å². The zero-order chi connectivity index (χ0) is 11.1. The molecule has 0 aliphatic carbocycles. The minimum atomic E-state index is -2.38. The molecule has 3 heteroatoms. The molecule has 0 saturated heterocycles. The SMILES string of the molecule is CC(=CCOCc1ccccc1)C(F)F. The maximum atomic E-state index is 12.1. The van der Waals surface area contributed by atoms with Crippen molar-refractivity contribution in [1.29, 1.82) is 0 Å². The quantitative estimate of drug-likeness (QED) is 0.536. The van der Waals surface area contributed by atoms with E-state index in [1.54, 1.807) is 0 Å². The van der Waals surface area contributed by atoms with E-state index in [9.17, 15) is 8.78 Å². The highest BCUT2D eigenvalue weighted by atomic mass is 19.3. The molecule has 15 heavy (non-hydrogen) atoms. The minimum absolute atomic E-state index is 0.0584. The molecule has 1 nitrogen and oxygen atoms in total. The Morgan fingerprint density at radius 3 is 2.60 bits per heavy atom. The zero-order valence-electron chi connectivity index (χ0n) is 8.62. The number of halogens is 2. The van der Waals surface area contributed by atoms with Crippen LogP contribution >= 0.6 is 0 Å². The van der Waals surface area contributed by atoms with E-state index < -0.39 is 6.43 Å². The first kappa shape index (κ1) is 11.9. The third kappa shape index (κ3) is 4.70. The molecule has 82 valence electrons. The summed E-state index contributed by atoms with van der Waals surface area (Å²) in [6.45, 7) is 2.08. The third-order valence-electron chi connectivity index (χ3n) is 1.98. The van der Waals surface area contributed by atoms with E-state index in [2.05, 4.69) is 0 Å². The molecule has 0 bridgehead atoms. The van der Waals surface area contributed by atoms with Crippen molar-refractivity contribution in [2.24, 2.45) is 0 Å². The molecule has 0 atom stereocenters. The molecule has 0 unspecified atom stereocenters. The van der Waals surface area contributed by atoms with Gasteiger partial charge < -0.3 is 4.74 Å². The number of allylic oxidation sites excluding steroid dienone is 1. The largest absolute Gasteiger partial charge is 0.373 e. The summed E-state index contributed by atoms with van der Waals surface area (Å²) in [6.07, 6.45) is -0.974. The van der Waals surface area contributed by atoms with Crippen LogP contribution in [-0.2, 0) is 11.3 Å². The van der Waals surface area contributed by atoms with Gasteiger partial charge in [0.25, 0.3) is 6.43 Å². The van der Waals surface area contributed by atoms with E-state index in [-0.39, 0.29) is 12.2 Å². The first-order valence-corrected chi connectivity index (χ1v) is 4.76. The van der Waals surface area contributed by atoms with Crippen LogP contribution in [0.15, 0.2) is 42.0 Å². The summed E-state index contributed by atoms with van der Waals surface area (Å²) in [5.74, 6) is 0. The summed E-state index contributed by atoms with van der Waals surface area (Å²) in [7, 11) is 0. The lowest BCUT2D eigenvalue weighted by molar-refractivity contribution is 0.144. The molecule has 0 aromatic heterocycles. The average Bonchev–Trinajstić information content (AvgIpc) is 2.25. The predicted octanol–water partition coefficient (Wildman–Crippen LogP) is 3.41. The Bertz CT molecular complexity index is 307. The Hall–Kier alpha value is -1.22. The molecule has 0 radical (unpaired) electrons. The maximum absolute atomic E-state index is 12.1. The Balaban J connectivity index is 2.26. The van der Waals surface area contributed by atoms with Crippen molar-refractivity contribution in [2.75, 3.05) is 6.61 Å². The Labute approximate surface area is 88.4 Å². The number of rotatable bonds is 5. The molecule has 0 N–H and O–H groups in total. The van der Waals surface area contributed by atoms with E-state index in [4.69, 9.17) is 4.74 Å². The van der Waals surface area contributed by atoms with Gasteiger partial charge in [-0.15, -0.1) is 0 Å². The molecule has 1 rings (SSSR count). The fourth-order valence-corrected chi connectivity index (χ4v) is 1.03. The van der Waals surface area contributed by atoms with Gasteiger partial charge in [0.2, 0.25) is 0 Å². The highest BCUT2D eigenvalue weighted by Gasteiger charge is 2.03. The number of ether oxygens (including phenoxy) is 1. The van der Waals surface area contributed by atoms with Crippen LogP contribution in [0.3, 0.4) is 0 Å². The van der Waals surface area contributed by atoms with Crippen molar-refractivity contribution in [3.63, 3.8) is 0 Å². The molecule has 0 heterocycles. The smallest absolute Gasteiger partial charge is 0.259 e. The monoisotopic (exact) mass is 212 g/mol. The van der Waals surface area contributed by atoms with Crippen molar-refractivity contribution in [2.45, 2.75) is 20.0 Å². The Kier molecular flexibility index (Phi) is 4.98. The second kappa shape index (κ2) is 6.30. The molecule has 0 spiro atoms. The van der Waals surface area contributed by atoms with E-state index in [0.717, 1.165) is 5.56 Å². The molecular formula is C12H14F2O. The second-order valence-electron chi connectivity index (χ2n) is 3.25. The van der Waals surface area contributed by atoms with Crippen LogP contribution in [-0.4, -0.2) is 13.0 Å². The summed E-state index contributed by atoms with van der Waals surface area (Å²) in [6, 6.07) is 9.62. The molecule has 1 aromatic carbocycles. The zero-order valence-corrected chi connectivity index (χ0v) is 8.62. The number of hydrogen-bond acceptors (Lipinski definition) is 1. The standard InChI is InChI=1S/C12H14F2O/c1-10(12(13)14)7-8-15-9-11-5-3-2-4-6-11/h2-7,12H,8-9H2,1H3. The van der Waals surface area contributed by atoms with Crippen LogP contribution in [0.5, 0.6) is 0 Å². The first-order chi connectivity index (χ1) is 7.20. The summed E-state index contributed by atoms with van der Waals surface area (Å²) in [4.78, 5) is 0. The van der Waals surface area contributed by atoms with E-state index >= 15 is 0 Å². The summed E-state index contributed by atoms with van der Waals surface area (Å²) >= 11 is 0. The fraction of sp³-hybridized carbons (Fsp3) is 0.333. The maximum Gasteiger partial charge on any atom is 0.259 e. The average molecular weight is 212 g/mol. The lowest BCUT2D eigenvalue weighted by Gasteiger charge is -2.02. The van der Waals surface area contributed by atoms with E-state index in [0.29, 0.717) is 6.61 Å². The number of benzene rings is 1. The predicted molar refractivity (Wildman–Crippen MR) is 55.9 cm³/mol. The summed E-state index contributed by atoms with van der Waals surface area (Å²) in [5, 5.41) is 0. The van der Waals surface area contributed by atoms with Gasteiger partial charge in [-0.2, -0.15) is 0 Å². The molecule has 0 fully saturated rings. The van der Waals surface area contributed by atoms with Crippen LogP contribution < -0.4 is 0 Å². The van der Waals surface area contributed by atoms with Crippen LogP contribution in [0.1, 0.15) is 12.5 Å². The fourth-order valence-electron chi connectivity index (χ4n) is 1.03. The number of hydrogen-bond donors (Lipinski definition) is 0. The highest BCUT2D eigenvalue weighted by Crippen LogP contribution is 2.07.